The molecular formula is C15H27N3. The fraction of sp³-hybridized carbons (Fsp3) is 0.667. The van der Waals surface area contributed by atoms with Crippen LogP contribution in [0.25, 0.3) is 0 Å². The Morgan fingerprint density at radius 1 is 1.28 bits per heavy atom. The molecule has 102 valence electrons. The van der Waals surface area contributed by atoms with Crippen LogP contribution in [0.1, 0.15) is 39.7 Å². The number of pyridine rings is 1. The fourth-order valence-electron chi connectivity index (χ4n) is 2.73. The number of likely N-dealkylation sites (N-methyl/N-ethyl adjacent to an activating group) is 1. The van der Waals surface area contributed by atoms with Gasteiger partial charge in [0.05, 0.1) is 0 Å². The maximum absolute atomic E-state index is 6.30. The van der Waals surface area contributed by atoms with E-state index in [0.29, 0.717) is 6.04 Å². The summed E-state index contributed by atoms with van der Waals surface area (Å²) in [5, 5.41) is 0. The first-order valence-electron chi connectivity index (χ1n) is 6.71. The third-order valence-corrected chi connectivity index (χ3v) is 3.42. The van der Waals surface area contributed by atoms with Crippen molar-refractivity contribution in [1.82, 2.24) is 9.88 Å². The SMILES string of the molecule is CCC(N)C(N(C)Cc1ccncc1)C(C)(C)C. The van der Waals surface area contributed by atoms with Crippen LogP contribution >= 0.6 is 0 Å². The van der Waals surface area contributed by atoms with Gasteiger partial charge in [-0.05, 0) is 36.6 Å². The van der Waals surface area contributed by atoms with Crippen molar-refractivity contribution >= 4 is 0 Å². The van der Waals surface area contributed by atoms with E-state index in [2.05, 4.69) is 56.8 Å². The Hall–Kier alpha value is -0.930. The molecule has 0 aliphatic heterocycles. The quantitative estimate of drug-likeness (QED) is 0.872. The van der Waals surface area contributed by atoms with E-state index in [1.54, 1.807) is 0 Å². The Morgan fingerprint density at radius 2 is 1.83 bits per heavy atom. The van der Waals surface area contributed by atoms with E-state index in [1.807, 2.05) is 12.4 Å². The van der Waals surface area contributed by atoms with E-state index in [0.717, 1.165) is 13.0 Å². The molecule has 1 aromatic rings. The smallest absolute Gasteiger partial charge is 0.0295 e. The molecule has 2 unspecified atom stereocenters. The Kier molecular flexibility index (Phi) is 5.29. The van der Waals surface area contributed by atoms with E-state index < -0.39 is 0 Å². The van der Waals surface area contributed by atoms with Gasteiger partial charge in [0.2, 0.25) is 0 Å². The molecule has 0 bridgehead atoms. The van der Waals surface area contributed by atoms with Crippen molar-refractivity contribution in [1.29, 1.82) is 0 Å². The van der Waals surface area contributed by atoms with Gasteiger partial charge in [0.1, 0.15) is 0 Å². The molecule has 1 rings (SSSR count). The Balaban J connectivity index is 2.80. The lowest BCUT2D eigenvalue weighted by molar-refractivity contribution is 0.0938. The summed E-state index contributed by atoms with van der Waals surface area (Å²) in [5.41, 5.74) is 7.76. The summed E-state index contributed by atoms with van der Waals surface area (Å²) in [5.74, 6) is 0. The molecule has 0 aromatic carbocycles. The Labute approximate surface area is 111 Å². The molecule has 3 nitrogen and oxygen atoms in total. The highest BCUT2D eigenvalue weighted by atomic mass is 15.2. The van der Waals surface area contributed by atoms with Gasteiger partial charge in [-0.1, -0.05) is 27.7 Å². The normalized spacial score (nSPS) is 15.7. The average molecular weight is 249 g/mol. The van der Waals surface area contributed by atoms with Crippen molar-refractivity contribution in [2.45, 2.75) is 52.7 Å². The number of nitrogens with two attached hydrogens (primary N) is 1. The lowest BCUT2D eigenvalue weighted by Gasteiger charge is -2.41. The number of rotatable bonds is 5. The number of nitrogens with zero attached hydrogens (tertiary/aromatic N) is 2. The number of aromatic nitrogens is 1. The van der Waals surface area contributed by atoms with Gasteiger partial charge < -0.3 is 5.73 Å². The molecule has 0 radical (unpaired) electrons. The molecular weight excluding hydrogens is 222 g/mol. The average Bonchev–Trinajstić information content (AvgIpc) is 2.28. The second kappa shape index (κ2) is 6.30. The summed E-state index contributed by atoms with van der Waals surface area (Å²) in [4.78, 5) is 6.42. The Morgan fingerprint density at radius 3 is 2.28 bits per heavy atom. The molecule has 2 atom stereocenters. The van der Waals surface area contributed by atoms with E-state index >= 15 is 0 Å². The van der Waals surface area contributed by atoms with Crippen LogP contribution in [0.15, 0.2) is 24.5 Å². The zero-order chi connectivity index (χ0) is 13.8. The van der Waals surface area contributed by atoms with Gasteiger partial charge in [-0.2, -0.15) is 0 Å². The van der Waals surface area contributed by atoms with Crippen LogP contribution in [0.4, 0.5) is 0 Å². The van der Waals surface area contributed by atoms with Gasteiger partial charge in [-0.3, -0.25) is 9.88 Å². The van der Waals surface area contributed by atoms with Crippen LogP contribution in [0, 0.1) is 5.41 Å². The van der Waals surface area contributed by atoms with E-state index in [9.17, 15) is 0 Å². The lowest BCUT2D eigenvalue weighted by atomic mass is 9.80. The molecule has 0 aliphatic rings. The topological polar surface area (TPSA) is 42.1 Å². The minimum absolute atomic E-state index is 0.178. The van der Waals surface area contributed by atoms with Crippen LogP contribution in [0.3, 0.4) is 0 Å². The highest BCUT2D eigenvalue weighted by Gasteiger charge is 2.32. The minimum Gasteiger partial charge on any atom is -0.326 e. The first kappa shape index (κ1) is 15.1. The maximum Gasteiger partial charge on any atom is 0.0295 e. The minimum atomic E-state index is 0.178. The summed E-state index contributed by atoms with van der Waals surface area (Å²) < 4.78 is 0. The molecule has 1 heterocycles. The molecule has 0 fully saturated rings. The third kappa shape index (κ3) is 4.07. The summed E-state index contributed by atoms with van der Waals surface area (Å²) >= 11 is 0. The largest absolute Gasteiger partial charge is 0.326 e. The number of hydrogen-bond acceptors (Lipinski definition) is 3. The first-order chi connectivity index (χ1) is 8.36. The first-order valence-corrected chi connectivity index (χ1v) is 6.71. The predicted octanol–water partition coefficient (Wildman–Crippen LogP) is 2.67. The van der Waals surface area contributed by atoms with Crippen molar-refractivity contribution in [3.05, 3.63) is 30.1 Å². The van der Waals surface area contributed by atoms with E-state index in [4.69, 9.17) is 5.73 Å². The van der Waals surface area contributed by atoms with Crippen LogP contribution in [0.2, 0.25) is 0 Å². The molecule has 3 heteroatoms. The highest BCUT2D eigenvalue weighted by Crippen LogP contribution is 2.27. The van der Waals surface area contributed by atoms with Crippen molar-refractivity contribution in [2.75, 3.05) is 7.05 Å². The van der Waals surface area contributed by atoms with Crippen LogP contribution in [0.5, 0.6) is 0 Å². The number of hydrogen-bond donors (Lipinski definition) is 1. The second-order valence-corrected chi connectivity index (χ2v) is 6.15. The van der Waals surface area contributed by atoms with Crippen molar-refractivity contribution in [3.8, 4) is 0 Å². The predicted molar refractivity (Wildman–Crippen MR) is 77.2 cm³/mol. The maximum atomic E-state index is 6.30. The van der Waals surface area contributed by atoms with E-state index in [1.165, 1.54) is 5.56 Å². The standard InChI is InChI=1S/C15H27N3/c1-6-13(16)14(15(2,3)4)18(5)11-12-7-9-17-10-8-12/h7-10,13-14H,6,11,16H2,1-5H3. The van der Waals surface area contributed by atoms with Crippen LogP contribution in [-0.2, 0) is 6.54 Å². The van der Waals surface area contributed by atoms with Gasteiger partial charge in [-0.15, -0.1) is 0 Å². The molecule has 0 amide bonds. The summed E-state index contributed by atoms with van der Waals surface area (Å²) in [6, 6.07) is 4.70. The summed E-state index contributed by atoms with van der Waals surface area (Å²) in [7, 11) is 2.16. The molecule has 0 saturated carbocycles. The van der Waals surface area contributed by atoms with Crippen molar-refractivity contribution < 1.29 is 0 Å². The lowest BCUT2D eigenvalue weighted by Crippen LogP contribution is -2.52. The van der Waals surface area contributed by atoms with Crippen LogP contribution < -0.4 is 5.73 Å². The van der Waals surface area contributed by atoms with Gasteiger partial charge in [0.25, 0.3) is 0 Å². The zero-order valence-corrected chi connectivity index (χ0v) is 12.4. The fourth-order valence-corrected chi connectivity index (χ4v) is 2.73. The van der Waals surface area contributed by atoms with Crippen molar-refractivity contribution in [3.63, 3.8) is 0 Å². The molecule has 0 spiro atoms. The third-order valence-electron chi connectivity index (χ3n) is 3.42. The molecule has 1 aromatic heterocycles. The van der Waals surface area contributed by atoms with Crippen LogP contribution in [-0.4, -0.2) is 29.0 Å². The van der Waals surface area contributed by atoms with Gasteiger partial charge in [-0.25, -0.2) is 0 Å². The molecule has 0 saturated heterocycles. The highest BCUT2D eigenvalue weighted by molar-refractivity contribution is 5.10. The summed E-state index contributed by atoms with van der Waals surface area (Å²) in [6.45, 7) is 9.85. The van der Waals surface area contributed by atoms with Gasteiger partial charge in [0.15, 0.2) is 0 Å². The summed E-state index contributed by atoms with van der Waals surface area (Å²) in [6.07, 6.45) is 4.69. The zero-order valence-electron chi connectivity index (χ0n) is 12.4. The monoisotopic (exact) mass is 249 g/mol. The molecule has 18 heavy (non-hydrogen) atoms. The van der Waals surface area contributed by atoms with Crippen molar-refractivity contribution in [2.24, 2.45) is 11.1 Å². The van der Waals surface area contributed by atoms with Gasteiger partial charge in [0, 0.05) is 31.0 Å². The van der Waals surface area contributed by atoms with E-state index in [-0.39, 0.29) is 11.5 Å². The molecule has 0 aliphatic carbocycles. The molecule has 2 N–H and O–H groups in total. The van der Waals surface area contributed by atoms with Gasteiger partial charge >= 0.3 is 0 Å². The second-order valence-electron chi connectivity index (χ2n) is 6.15. The Bertz CT molecular complexity index is 343.